The Kier molecular flexibility index (Phi) is 5.76. The summed E-state index contributed by atoms with van der Waals surface area (Å²) in [5.41, 5.74) is 0. The fraction of sp³-hybridized carbons (Fsp3) is 0.900. The lowest BCUT2D eigenvalue weighted by Crippen LogP contribution is -2.59. The third-order valence-electron chi connectivity index (χ3n) is 2.59. The van der Waals surface area contributed by atoms with Crippen LogP contribution in [0.3, 0.4) is 0 Å². The fourth-order valence-electron chi connectivity index (χ4n) is 1.54. The topological polar surface area (TPSA) is 128 Å². The third-order valence-corrected chi connectivity index (χ3v) is 2.59. The Morgan fingerprint density at radius 2 is 1.94 bits per heavy atom. The lowest BCUT2D eigenvalue weighted by atomic mass is 9.99. The van der Waals surface area contributed by atoms with Crippen molar-refractivity contribution in [3.63, 3.8) is 0 Å². The average molecular weight is 265 g/mol. The van der Waals surface area contributed by atoms with Crippen LogP contribution in [0.1, 0.15) is 13.3 Å². The summed E-state index contributed by atoms with van der Waals surface area (Å²) in [6, 6.07) is 0. The quantitative estimate of drug-likeness (QED) is 0.394. The van der Waals surface area contributed by atoms with Crippen LogP contribution in [0.15, 0.2) is 0 Å². The van der Waals surface area contributed by atoms with Gasteiger partial charge in [0.25, 0.3) is 0 Å². The van der Waals surface area contributed by atoms with Gasteiger partial charge in [-0.25, -0.2) is 4.79 Å². The van der Waals surface area contributed by atoms with Gasteiger partial charge in [0.15, 0.2) is 0 Å². The Morgan fingerprint density at radius 3 is 2.50 bits per heavy atom. The van der Waals surface area contributed by atoms with Crippen LogP contribution in [-0.4, -0.2) is 70.4 Å². The molecule has 0 spiro atoms. The minimum absolute atomic E-state index is 0.399. The molecule has 5 atom stereocenters. The van der Waals surface area contributed by atoms with Crippen molar-refractivity contribution >= 4 is 6.09 Å². The number of aliphatic hydroxyl groups excluding tert-OH is 4. The summed E-state index contributed by atoms with van der Waals surface area (Å²) in [5.74, 6) is 0. The zero-order valence-corrected chi connectivity index (χ0v) is 10.0. The summed E-state index contributed by atoms with van der Waals surface area (Å²) in [6.07, 6.45) is -7.21. The van der Waals surface area contributed by atoms with Gasteiger partial charge in [-0.3, -0.25) is 0 Å². The van der Waals surface area contributed by atoms with E-state index in [0.29, 0.717) is 13.0 Å². The Bertz CT molecular complexity index is 273. The van der Waals surface area contributed by atoms with Gasteiger partial charge in [-0.1, -0.05) is 6.92 Å². The van der Waals surface area contributed by atoms with Gasteiger partial charge < -0.3 is 35.2 Å². The van der Waals surface area contributed by atoms with E-state index in [-0.39, 0.29) is 0 Å². The van der Waals surface area contributed by atoms with Gasteiger partial charge in [0.05, 0.1) is 6.61 Å². The van der Waals surface area contributed by atoms with Crippen LogP contribution in [0.2, 0.25) is 0 Å². The fourth-order valence-corrected chi connectivity index (χ4v) is 1.54. The van der Waals surface area contributed by atoms with Crippen LogP contribution >= 0.6 is 0 Å². The van der Waals surface area contributed by atoms with Gasteiger partial charge in [-0.15, -0.1) is 0 Å². The molecule has 0 saturated carbocycles. The van der Waals surface area contributed by atoms with Gasteiger partial charge in [0.1, 0.15) is 24.4 Å². The number of nitrogens with one attached hydrogen (secondary N) is 1. The number of alkyl carbamates (subject to hydrolysis) is 1. The van der Waals surface area contributed by atoms with Gasteiger partial charge in [-0.2, -0.15) is 0 Å². The lowest BCUT2D eigenvalue weighted by molar-refractivity contribution is -0.284. The van der Waals surface area contributed by atoms with E-state index >= 15 is 0 Å². The molecular weight excluding hydrogens is 246 g/mol. The van der Waals surface area contributed by atoms with E-state index in [4.69, 9.17) is 14.6 Å². The molecule has 8 nitrogen and oxygen atoms in total. The Balaban J connectivity index is 2.56. The Hall–Kier alpha value is -0.930. The van der Waals surface area contributed by atoms with E-state index in [1.165, 1.54) is 0 Å². The molecule has 0 radical (unpaired) electrons. The molecule has 8 heteroatoms. The Morgan fingerprint density at radius 1 is 1.28 bits per heavy atom. The van der Waals surface area contributed by atoms with E-state index in [2.05, 4.69) is 5.32 Å². The molecular formula is C10H19NO7. The largest absolute Gasteiger partial charge is 0.417 e. The van der Waals surface area contributed by atoms with Crippen LogP contribution in [0.25, 0.3) is 0 Å². The van der Waals surface area contributed by atoms with Crippen LogP contribution < -0.4 is 5.32 Å². The second-order valence-electron chi connectivity index (χ2n) is 4.03. The molecule has 1 fully saturated rings. The normalized spacial score (nSPS) is 36.2. The molecule has 1 saturated heterocycles. The number of ether oxygens (including phenoxy) is 2. The minimum atomic E-state index is -1.57. The highest BCUT2D eigenvalue weighted by atomic mass is 16.7. The number of hydrogen-bond donors (Lipinski definition) is 5. The number of amides is 1. The smallest absolute Gasteiger partial charge is 0.409 e. The third kappa shape index (κ3) is 3.53. The minimum Gasteiger partial charge on any atom is -0.417 e. The number of rotatable bonds is 4. The zero-order valence-electron chi connectivity index (χ0n) is 10.0. The van der Waals surface area contributed by atoms with E-state index in [9.17, 15) is 20.1 Å². The zero-order chi connectivity index (χ0) is 13.7. The Labute approximate surface area is 104 Å². The van der Waals surface area contributed by atoms with Gasteiger partial charge >= 0.3 is 6.09 Å². The van der Waals surface area contributed by atoms with Crippen molar-refractivity contribution < 1.29 is 34.7 Å². The van der Waals surface area contributed by atoms with Crippen LogP contribution in [-0.2, 0) is 9.47 Å². The summed E-state index contributed by atoms with van der Waals surface area (Å²) in [7, 11) is 0. The molecule has 1 aliphatic heterocycles. The van der Waals surface area contributed by atoms with E-state index in [0.717, 1.165) is 0 Å². The first-order chi connectivity index (χ1) is 8.51. The molecule has 1 amide bonds. The highest BCUT2D eigenvalue weighted by Crippen LogP contribution is 2.21. The van der Waals surface area contributed by atoms with Gasteiger partial charge in [0, 0.05) is 6.54 Å². The van der Waals surface area contributed by atoms with Crippen LogP contribution in [0.4, 0.5) is 4.79 Å². The number of carbonyl (C=O) groups excluding carboxylic acids is 1. The molecule has 106 valence electrons. The number of aliphatic hydroxyl groups is 4. The maximum absolute atomic E-state index is 11.3. The molecule has 1 aliphatic rings. The summed E-state index contributed by atoms with van der Waals surface area (Å²) < 4.78 is 9.74. The van der Waals surface area contributed by atoms with E-state index < -0.39 is 43.4 Å². The highest BCUT2D eigenvalue weighted by molar-refractivity contribution is 5.67. The average Bonchev–Trinajstić information content (AvgIpc) is 2.37. The predicted octanol–water partition coefficient (Wildman–Crippen LogP) is -2.08. The maximum atomic E-state index is 11.3. The van der Waals surface area contributed by atoms with Crippen LogP contribution in [0, 0.1) is 0 Å². The molecule has 0 aromatic carbocycles. The van der Waals surface area contributed by atoms with Crippen molar-refractivity contribution in [3.8, 4) is 0 Å². The summed E-state index contributed by atoms with van der Waals surface area (Å²) in [5, 5.41) is 39.9. The van der Waals surface area contributed by atoms with Crippen LogP contribution in [0.5, 0.6) is 0 Å². The van der Waals surface area contributed by atoms with Crippen molar-refractivity contribution in [3.05, 3.63) is 0 Å². The maximum Gasteiger partial charge on any atom is 0.409 e. The summed E-state index contributed by atoms with van der Waals surface area (Å²) in [6.45, 7) is 1.69. The van der Waals surface area contributed by atoms with Gasteiger partial charge in [-0.05, 0) is 6.42 Å². The van der Waals surface area contributed by atoms with Gasteiger partial charge in [0.2, 0.25) is 6.29 Å². The SMILES string of the molecule is CCCNC(=O)O[C@@H]1O[C@H](CO)[C@H](O)[C@H](O)[C@H]1O. The molecule has 1 rings (SSSR count). The molecule has 18 heavy (non-hydrogen) atoms. The first-order valence-electron chi connectivity index (χ1n) is 5.76. The predicted molar refractivity (Wildman–Crippen MR) is 58.5 cm³/mol. The molecule has 0 bridgehead atoms. The van der Waals surface area contributed by atoms with Crippen molar-refractivity contribution in [2.45, 2.75) is 44.1 Å². The lowest BCUT2D eigenvalue weighted by Gasteiger charge is -2.39. The summed E-state index contributed by atoms with van der Waals surface area (Å²) >= 11 is 0. The van der Waals surface area contributed by atoms with E-state index in [1.54, 1.807) is 0 Å². The second kappa shape index (κ2) is 6.86. The number of carbonyl (C=O) groups is 1. The number of hydrogen-bond acceptors (Lipinski definition) is 7. The molecule has 0 aromatic rings. The van der Waals surface area contributed by atoms with Crippen molar-refractivity contribution in [1.82, 2.24) is 5.32 Å². The van der Waals surface area contributed by atoms with Crippen molar-refractivity contribution in [1.29, 1.82) is 0 Å². The molecule has 0 unspecified atom stereocenters. The molecule has 0 aromatic heterocycles. The monoisotopic (exact) mass is 265 g/mol. The first-order valence-corrected chi connectivity index (χ1v) is 5.76. The first kappa shape index (κ1) is 15.1. The summed E-state index contributed by atoms with van der Waals surface area (Å²) in [4.78, 5) is 11.3. The molecule has 5 N–H and O–H groups in total. The molecule has 1 heterocycles. The van der Waals surface area contributed by atoms with Crippen molar-refractivity contribution in [2.24, 2.45) is 0 Å². The standard InChI is InChI=1S/C10H19NO7/c1-2-3-11-10(16)18-9-8(15)7(14)6(13)5(4-12)17-9/h5-9,12-15H,2-4H2,1H3,(H,11,16)/t5-,6+,7+,8-,9+/m1/s1. The highest BCUT2D eigenvalue weighted by Gasteiger charge is 2.45. The van der Waals surface area contributed by atoms with Crippen molar-refractivity contribution in [2.75, 3.05) is 13.2 Å². The molecule has 0 aliphatic carbocycles. The second-order valence-corrected chi connectivity index (χ2v) is 4.03. The van der Waals surface area contributed by atoms with E-state index in [1.807, 2.05) is 6.92 Å².